The maximum absolute atomic E-state index is 11.9. The van der Waals surface area contributed by atoms with Gasteiger partial charge in [0.1, 0.15) is 6.04 Å². The second kappa shape index (κ2) is 5.98. The van der Waals surface area contributed by atoms with Crippen molar-refractivity contribution >= 4 is 17.8 Å². The third-order valence-corrected chi connectivity index (χ3v) is 2.46. The van der Waals surface area contributed by atoms with Crippen molar-refractivity contribution in [1.82, 2.24) is 15.1 Å². The second-order valence-corrected chi connectivity index (χ2v) is 3.95. The molecule has 2 N–H and O–H groups in total. The largest absolute Gasteiger partial charge is 0.480 e. The van der Waals surface area contributed by atoms with E-state index in [1.165, 1.54) is 10.9 Å². The zero-order chi connectivity index (χ0) is 14.6. The highest BCUT2D eigenvalue weighted by atomic mass is 16.5. The smallest absolute Gasteiger partial charge is 0.326 e. The van der Waals surface area contributed by atoms with Crippen LogP contribution in [-0.2, 0) is 21.4 Å². The van der Waals surface area contributed by atoms with Gasteiger partial charge in [-0.2, -0.15) is 5.10 Å². The molecule has 1 aromatic rings. The maximum atomic E-state index is 11.9. The van der Waals surface area contributed by atoms with Crippen LogP contribution >= 0.6 is 0 Å². The average molecular weight is 269 g/mol. The fourth-order valence-electron chi connectivity index (χ4n) is 1.51. The molecule has 0 unspecified atom stereocenters. The summed E-state index contributed by atoms with van der Waals surface area (Å²) >= 11 is 0. The van der Waals surface area contributed by atoms with Crippen LogP contribution in [0.1, 0.15) is 22.5 Å². The van der Waals surface area contributed by atoms with Gasteiger partial charge in [-0.3, -0.25) is 14.3 Å². The quantitative estimate of drug-likeness (QED) is 0.695. The summed E-state index contributed by atoms with van der Waals surface area (Å²) in [4.78, 5) is 33.9. The SMILES string of the molecule is COC(=O)C[C@H](NC(=O)c1cn(C)nc1C)C(=O)O. The standard InChI is InChI=1S/C11H15N3O5/c1-6-7(5-14(2)13-6)10(16)12-8(11(17)18)4-9(15)19-3/h5,8H,4H2,1-3H3,(H,12,16)(H,17,18)/t8-/m0/s1. The van der Waals surface area contributed by atoms with E-state index in [1.54, 1.807) is 14.0 Å². The van der Waals surface area contributed by atoms with Crippen molar-refractivity contribution in [1.29, 1.82) is 0 Å². The fourth-order valence-corrected chi connectivity index (χ4v) is 1.51. The molecule has 0 saturated heterocycles. The summed E-state index contributed by atoms with van der Waals surface area (Å²) in [6.07, 6.45) is 1.04. The molecule has 0 radical (unpaired) electrons. The molecular weight excluding hydrogens is 254 g/mol. The van der Waals surface area contributed by atoms with E-state index in [9.17, 15) is 14.4 Å². The molecule has 1 atom stereocenters. The van der Waals surface area contributed by atoms with E-state index in [0.717, 1.165) is 7.11 Å². The first-order chi connectivity index (χ1) is 8.85. The van der Waals surface area contributed by atoms with Crippen LogP contribution in [0.4, 0.5) is 0 Å². The first-order valence-electron chi connectivity index (χ1n) is 5.46. The fraction of sp³-hybridized carbons (Fsp3) is 0.455. The van der Waals surface area contributed by atoms with Gasteiger partial charge in [-0.15, -0.1) is 0 Å². The Kier molecular flexibility index (Phi) is 4.62. The van der Waals surface area contributed by atoms with Gasteiger partial charge in [0.15, 0.2) is 0 Å². The zero-order valence-electron chi connectivity index (χ0n) is 10.8. The summed E-state index contributed by atoms with van der Waals surface area (Å²) < 4.78 is 5.82. The highest BCUT2D eigenvalue weighted by Crippen LogP contribution is 2.06. The molecule has 1 aromatic heterocycles. The molecule has 8 nitrogen and oxygen atoms in total. The molecule has 0 spiro atoms. The number of nitrogens with one attached hydrogen (secondary N) is 1. The molecule has 8 heteroatoms. The van der Waals surface area contributed by atoms with Gasteiger partial charge in [0, 0.05) is 13.2 Å². The Morgan fingerprint density at radius 2 is 2.16 bits per heavy atom. The van der Waals surface area contributed by atoms with Crippen molar-refractivity contribution in [3.05, 3.63) is 17.5 Å². The number of hydrogen-bond acceptors (Lipinski definition) is 5. The van der Waals surface area contributed by atoms with E-state index in [2.05, 4.69) is 15.2 Å². The van der Waals surface area contributed by atoms with Crippen LogP contribution in [0.25, 0.3) is 0 Å². The lowest BCUT2D eigenvalue weighted by molar-refractivity contribution is -0.147. The van der Waals surface area contributed by atoms with Gasteiger partial charge < -0.3 is 15.2 Å². The van der Waals surface area contributed by atoms with E-state index in [1.807, 2.05) is 0 Å². The second-order valence-electron chi connectivity index (χ2n) is 3.95. The maximum Gasteiger partial charge on any atom is 0.326 e. The summed E-state index contributed by atoms with van der Waals surface area (Å²) in [5.41, 5.74) is 0.737. The first-order valence-corrected chi connectivity index (χ1v) is 5.46. The van der Waals surface area contributed by atoms with E-state index < -0.39 is 30.3 Å². The van der Waals surface area contributed by atoms with Gasteiger partial charge in [0.05, 0.1) is 24.8 Å². The lowest BCUT2D eigenvalue weighted by atomic mass is 10.2. The van der Waals surface area contributed by atoms with Gasteiger partial charge in [-0.05, 0) is 6.92 Å². The van der Waals surface area contributed by atoms with Crippen LogP contribution < -0.4 is 5.32 Å². The number of nitrogens with zero attached hydrogens (tertiary/aromatic N) is 2. The third-order valence-electron chi connectivity index (χ3n) is 2.46. The molecule has 1 rings (SSSR count). The number of aromatic nitrogens is 2. The van der Waals surface area contributed by atoms with Gasteiger partial charge in [0.25, 0.3) is 5.91 Å². The number of methoxy groups -OCH3 is 1. The number of aliphatic carboxylic acids is 1. The van der Waals surface area contributed by atoms with Gasteiger partial charge in [-0.1, -0.05) is 0 Å². The third kappa shape index (κ3) is 3.80. The number of carbonyl (C=O) groups is 3. The number of carboxylic acids is 1. The van der Waals surface area contributed by atoms with Gasteiger partial charge in [-0.25, -0.2) is 4.79 Å². The number of carbonyl (C=O) groups excluding carboxylic acids is 2. The predicted molar refractivity (Wildman–Crippen MR) is 63.5 cm³/mol. The molecule has 0 saturated carbocycles. The van der Waals surface area contributed by atoms with Crippen LogP contribution in [0.3, 0.4) is 0 Å². The molecule has 1 heterocycles. The van der Waals surface area contributed by atoms with Crippen LogP contribution in [0.15, 0.2) is 6.20 Å². The average Bonchev–Trinajstić information content (AvgIpc) is 2.67. The minimum atomic E-state index is -1.33. The lowest BCUT2D eigenvalue weighted by Crippen LogP contribution is -2.42. The van der Waals surface area contributed by atoms with Crippen molar-refractivity contribution in [3.8, 4) is 0 Å². The number of esters is 1. The van der Waals surface area contributed by atoms with E-state index in [4.69, 9.17) is 5.11 Å². The summed E-state index contributed by atoms with van der Waals surface area (Å²) in [7, 11) is 2.79. The van der Waals surface area contributed by atoms with Crippen molar-refractivity contribution in [2.24, 2.45) is 7.05 Å². The topological polar surface area (TPSA) is 111 Å². The predicted octanol–water partition coefficient (Wildman–Crippen LogP) is -0.525. The minimum absolute atomic E-state index is 0.263. The molecular formula is C11H15N3O5. The summed E-state index contributed by atoms with van der Waals surface area (Å²) in [5.74, 6) is -2.61. The number of aryl methyl sites for hydroxylation is 2. The highest BCUT2D eigenvalue weighted by molar-refractivity contribution is 5.98. The van der Waals surface area contributed by atoms with Crippen LogP contribution in [0.5, 0.6) is 0 Å². The first kappa shape index (κ1) is 14.7. The Morgan fingerprint density at radius 3 is 2.58 bits per heavy atom. The Hall–Kier alpha value is -2.38. The summed E-state index contributed by atoms with van der Waals surface area (Å²) in [6, 6.07) is -1.33. The van der Waals surface area contributed by atoms with Crippen molar-refractivity contribution in [3.63, 3.8) is 0 Å². The Labute approximate surface area is 109 Å². The lowest BCUT2D eigenvalue weighted by Gasteiger charge is -2.12. The minimum Gasteiger partial charge on any atom is -0.480 e. The molecule has 0 aliphatic carbocycles. The number of amides is 1. The number of rotatable bonds is 5. The van der Waals surface area contributed by atoms with Crippen LogP contribution in [0, 0.1) is 6.92 Å². The number of ether oxygens (including phenoxy) is 1. The highest BCUT2D eigenvalue weighted by Gasteiger charge is 2.25. The van der Waals surface area contributed by atoms with Crippen molar-refractivity contribution in [2.75, 3.05) is 7.11 Å². The molecule has 0 bridgehead atoms. The van der Waals surface area contributed by atoms with E-state index >= 15 is 0 Å². The van der Waals surface area contributed by atoms with Gasteiger partial charge >= 0.3 is 11.9 Å². The molecule has 19 heavy (non-hydrogen) atoms. The normalized spacial score (nSPS) is 11.7. The van der Waals surface area contributed by atoms with E-state index in [-0.39, 0.29) is 5.56 Å². The number of carboxylic acid groups (broad SMARTS) is 1. The monoisotopic (exact) mass is 269 g/mol. The molecule has 0 aliphatic rings. The Bertz CT molecular complexity index is 508. The number of hydrogen-bond donors (Lipinski definition) is 2. The molecule has 0 aromatic carbocycles. The van der Waals surface area contributed by atoms with E-state index in [0.29, 0.717) is 5.69 Å². The van der Waals surface area contributed by atoms with Crippen molar-refractivity contribution in [2.45, 2.75) is 19.4 Å². The molecule has 1 amide bonds. The Morgan fingerprint density at radius 1 is 1.53 bits per heavy atom. The Balaban J connectivity index is 2.79. The van der Waals surface area contributed by atoms with Crippen LogP contribution in [0.2, 0.25) is 0 Å². The zero-order valence-corrected chi connectivity index (χ0v) is 10.8. The molecule has 0 fully saturated rings. The van der Waals surface area contributed by atoms with Gasteiger partial charge in [0.2, 0.25) is 0 Å². The van der Waals surface area contributed by atoms with Crippen molar-refractivity contribution < 1.29 is 24.2 Å². The van der Waals surface area contributed by atoms with Crippen LogP contribution in [-0.4, -0.2) is 45.9 Å². The summed E-state index contributed by atoms with van der Waals surface area (Å²) in [5, 5.41) is 15.2. The summed E-state index contributed by atoms with van der Waals surface area (Å²) in [6.45, 7) is 1.63. The molecule has 0 aliphatic heterocycles. The molecule has 104 valence electrons.